The second kappa shape index (κ2) is 12.5. The van der Waals surface area contributed by atoms with E-state index in [0.717, 1.165) is 12.8 Å². The number of carbonyl (C=O) groups excluding carboxylic acids is 2. The average Bonchev–Trinajstić information content (AvgIpc) is 3.10. The molecule has 9 nitrogen and oxygen atoms in total. The molecule has 2 atom stereocenters. The highest BCUT2D eigenvalue weighted by Crippen LogP contribution is 2.38. The molecule has 2 amide bonds. The zero-order chi connectivity index (χ0) is 27.1. The molecular weight excluding hydrogens is 473 g/mol. The predicted octanol–water partition coefficient (Wildman–Crippen LogP) is 2.97. The highest BCUT2D eigenvalue weighted by Gasteiger charge is 2.54. The summed E-state index contributed by atoms with van der Waals surface area (Å²) in [5.74, 6) is -1.02. The highest BCUT2D eigenvalue weighted by molar-refractivity contribution is 6.48. The Kier molecular flexibility index (Phi) is 9.70. The number of ether oxygens (including phenoxy) is 2. The summed E-state index contributed by atoms with van der Waals surface area (Å²) in [7, 11) is 2.31. The van der Waals surface area contributed by atoms with Crippen molar-refractivity contribution in [3.8, 4) is 5.88 Å². The minimum atomic E-state index is -0.940. The lowest BCUT2D eigenvalue weighted by Crippen LogP contribution is -2.56. The summed E-state index contributed by atoms with van der Waals surface area (Å²) in [5.41, 5.74) is 0.270. The number of pyridine rings is 1. The molecule has 2 N–H and O–H groups in total. The number of aromatic nitrogens is 1. The van der Waals surface area contributed by atoms with Gasteiger partial charge in [0.05, 0.1) is 30.9 Å². The number of benzene rings is 1. The summed E-state index contributed by atoms with van der Waals surface area (Å²) in [6.07, 6.45) is 2.29. The van der Waals surface area contributed by atoms with Gasteiger partial charge in [0.2, 0.25) is 11.8 Å². The van der Waals surface area contributed by atoms with E-state index in [-0.39, 0.29) is 12.3 Å². The van der Waals surface area contributed by atoms with Crippen molar-refractivity contribution < 1.29 is 28.4 Å². The van der Waals surface area contributed by atoms with Gasteiger partial charge in [0.15, 0.2) is 0 Å². The standard InChI is InChI=1S/C27H38BN3O6/c1-26(2)27(3,4)37-28(36-26)22(16-10-14-19-12-8-7-9-13-19)31-25(33)21(18-34-5)30-24(32)20-15-11-17-23(29-20)35-6/h7-9,11-13,15,17,21-22H,10,14,16,18H2,1-6H3,(H,30,32)(H,31,33)/t21-,22+/m1/s1. The Labute approximate surface area is 219 Å². The van der Waals surface area contributed by atoms with Crippen LogP contribution in [0.4, 0.5) is 0 Å². The van der Waals surface area contributed by atoms with Crippen molar-refractivity contribution in [2.24, 2.45) is 0 Å². The molecule has 10 heteroatoms. The van der Waals surface area contributed by atoms with Crippen molar-refractivity contribution >= 4 is 18.9 Å². The van der Waals surface area contributed by atoms with Gasteiger partial charge in [0, 0.05) is 13.2 Å². The molecule has 1 fully saturated rings. The summed E-state index contributed by atoms with van der Waals surface area (Å²) in [5, 5.41) is 5.78. The second-order valence-electron chi connectivity index (χ2n) is 10.2. The number of nitrogens with zero attached hydrogens (tertiary/aromatic N) is 1. The lowest BCUT2D eigenvalue weighted by molar-refractivity contribution is -0.124. The van der Waals surface area contributed by atoms with Crippen LogP contribution in [0.1, 0.15) is 56.6 Å². The fourth-order valence-electron chi connectivity index (χ4n) is 4.02. The molecule has 2 heterocycles. The Morgan fingerprint density at radius 2 is 1.65 bits per heavy atom. The normalized spacial score (nSPS) is 17.6. The van der Waals surface area contributed by atoms with E-state index in [4.69, 9.17) is 18.8 Å². The van der Waals surface area contributed by atoms with Gasteiger partial charge in [-0.3, -0.25) is 9.59 Å². The first-order valence-electron chi connectivity index (χ1n) is 12.6. The van der Waals surface area contributed by atoms with Crippen molar-refractivity contribution in [1.29, 1.82) is 0 Å². The Balaban J connectivity index is 1.72. The van der Waals surface area contributed by atoms with Gasteiger partial charge in [-0.05, 0) is 58.6 Å². The quantitative estimate of drug-likeness (QED) is 0.422. The number of rotatable bonds is 12. The number of methoxy groups -OCH3 is 2. The Bertz CT molecular complexity index is 1030. The third-order valence-corrected chi connectivity index (χ3v) is 6.87. The molecule has 0 radical (unpaired) electrons. The number of amides is 2. The molecule has 0 bridgehead atoms. The van der Waals surface area contributed by atoms with Crippen LogP contribution in [0.3, 0.4) is 0 Å². The number of nitrogens with one attached hydrogen (secondary N) is 2. The van der Waals surface area contributed by atoms with E-state index in [1.54, 1.807) is 18.2 Å². The molecule has 1 aromatic heterocycles. The zero-order valence-electron chi connectivity index (χ0n) is 22.6. The number of hydrogen-bond acceptors (Lipinski definition) is 7. The predicted molar refractivity (Wildman–Crippen MR) is 141 cm³/mol. The molecule has 1 aliphatic heterocycles. The molecule has 0 unspecified atom stereocenters. The van der Waals surface area contributed by atoms with Gasteiger partial charge in [-0.15, -0.1) is 0 Å². The summed E-state index contributed by atoms with van der Waals surface area (Å²) in [4.78, 5) is 30.4. The first-order valence-corrected chi connectivity index (χ1v) is 12.6. The summed E-state index contributed by atoms with van der Waals surface area (Å²) in [6, 6.07) is 14.1. The van der Waals surface area contributed by atoms with E-state index in [2.05, 4.69) is 27.8 Å². The molecule has 0 saturated carbocycles. The maximum absolute atomic E-state index is 13.4. The summed E-state index contributed by atoms with van der Waals surface area (Å²) < 4.78 is 22.9. The summed E-state index contributed by atoms with van der Waals surface area (Å²) in [6.45, 7) is 7.90. The van der Waals surface area contributed by atoms with Crippen LogP contribution in [0, 0.1) is 0 Å². The van der Waals surface area contributed by atoms with Crippen LogP contribution < -0.4 is 15.4 Å². The second-order valence-corrected chi connectivity index (χ2v) is 10.2. The zero-order valence-corrected chi connectivity index (χ0v) is 22.6. The van der Waals surface area contributed by atoms with Gasteiger partial charge in [0.25, 0.3) is 5.91 Å². The Morgan fingerprint density at radius 3 is 2.27 bits per heavy atom. The van der Waals surface area contributed by atoms with Crippen molar-refractivity contribution in [3.05, 3.63) is 59.8 Å². The van der Waals surface area contributed by atoms with E-state index < -0.39 is 42.1 Å². The molecule has 0 spiro atoms. The van der Waals surface area contributed by atoms with Crippen LogP contribution in [0.15, 0.2) is 48.5 Å². The van der Waals surface area contributed by atoms with Gasteiger partial charge in [-0.2, -0.15) is 0 Å². The molecule has 2 aromatic rings. The average molecular weight is 511 g/mol. The number of aryl methyl sites for hydroxylation is 1. The molecule has 1 aliphatic rings. The molecule has 37 heavy (non-hydrogen) atoms. The fraction of sp³-hybridized carbons (Fsp3) is 0.519. The van der Waals surface area contributed by atoms with Gasteiger partial charge in [-0.1, -0.05) is 36.4 Å². The first-order chi connectivity index (χ1) is 17.6. The van der Waals surface area contributed by atoms with Crippen molar-refractivity contribution in [3.63, 3.8) is 0 Å². The van der Waals surface area contributed by atoms with E-state index in [9.17, 15) is 9.59 Å². The minimum absolute atomic E-state index is 0.0123. The molecule has 0 aliphatic carbocycles. The topological polar surface area (TPSA) is 108 Å². The van der Waals surface area contributed by atoms with E-state index >= 15 is 0 Å². The molecular formula is C27H38BN3O6. The van der Waals surface area contributed by atoms with Gasteiger partial charge >= 0.3 is 7.12 Å². The minimum Gasteiger partial charge on any atom is -0.481 e. The van der Waals surface area contributed by atoms with Crippen LogP contribution in [-0.4, -0.2) is 67.9 Å². The number of carbonyl (C=O) groups is 2. The van der Waals surface area contributed by atoms with Crippen molar-refractivity contribution in [2.75, 3.05) is 20.8 Å². The van der Waals surface area contributed by atoms with Gasteiger partial charge in [0.1, 0.15) is 11.7 Å². The van der Waals surface area contributed by atoms with Gasteiger partial charge in [-0.25, -0.2) is 4.98 Å². The molecule has 200 valence electrons. The van der Waals surface area contributed by atoms with E-state index in [1.165, 1.54) is 19.8 Å². The SMILES string of the molecule is COC[C@@H](NC(=O)c1cccc(OC)n1)C(=O)N[C@@H](CCCc1ccccc1)B1OC(C)(C)C(C)(C)O1. The molecule has 3 rings (SSSR count). The lowest BCUT2D eigenvalue weighted by atomic mass is 9.75. The monoisotopic (exact) mass is 511 g/mol. The smallest absolute Gasteiger partial charge is 0.481 e. The highest BCUT2D eigenvalue weighted by atomic mass is 16.7. The largest absolute Gasteiger partial charge is 0.481 e. The van der Waals surface area contributed by atoms with Crippen molar-refractivity contribution in [1.82, 2.24) is 15.6 Å². The Hall–Kier alpha value is -2.95. The van der Waals surface area contributed by atoms with Crippen LogP contribution in [0.2, 0.25) is 0 Å². The van der Waals surface area contributed by atoms with Gasteiger partial charge < -0.3 is 29.4 Å². The third kappa shape index (κ3) is 7.53. The maximum atomic E-state index is 13.4. The van der Waals surface area contributed by atoms with Crippen LogP contribution >= 0.6 is 0 Å². The summed E-state index contributed by atoms with van der Waals surface area (Å²) >= 11 is 0. The van der Waals surface area contributed by atoms with Crippen LogP contribution in [0.5, 0.6) is 5.88 Å². The van der Waals surface area contributed by atoms with Crippen molar-refractivity contribution in [2.45, 2.75) is 70.1 Å². The lowest BCUT2D eigenvalue weighted by Gasteiger charge is -2.32. The van der Waals surface area contributed by atoms with Crippen LogP contribution in [-0.2, 0) is 25.3 Å². The molecule has 1 saturated heterocycles. The third-order valence-electron chi connectivity index (χ3n) is 6.87. The van der Waals surface area contributed by atoms with Crippen LogP contribution in [0.25, 0.3) is 0 Å². The number of hydrogen-bond donors (Lipinski definition) is 2. The first kappa shape index (κ1) is 28.6. The van der Waals surface area contributed by atoms with E-state index in [1.807, 2.05) is 45.9 Å². The fourth-order valence-corrected chi connectivity index (χ4v) is 4.02. The molecule has 1 aromatic carbocycles. The van der Waals surface area contributed by atoms with E-state index in [0.29, 0.717) is 12.3 Å². The maximum Gasteiger partial charge on any atom is 0.481 e. The Morgan fingerprint density at radius 1 is 0.973 bits per heavy atom.